The van der Waals surface area contributed by atoms with Crippen molar-refractivity contribution in [3.63, 3.8) is 0 Å². The molecule has 1 atom stereocenters. The van der Waals surface area contributed by atoms with Crippen LogP contribution in [-0.2, 0) is 9.47 Å². The lowest BCUT2D eigenvalue weighted by Gasteiger charge is -2.32. The van der Waals surface area contributed by atoms with Crippen molar-refractivity contribution in [1.29, 1.82) is 5.26 Å². The van der Waals surface area contributed by atoms with Crippen LogP contribution in [0, 0.1) is 17.2 Å². The van der Waals surface area contributed by atoms with Gasteiger partial charge in [0.1, 0.15) is 0 Å². The zero-order valence-electron chi connectivity index (χ0n) is 13.3. The van der Waals surface area contributed by atoms with Gasteiger partial charge in [-0.2, -0.15) is 5.26 Å². The molecule has 0 aliphatic heterocycles. The minimum absolute atomic E-state index is 0.138. The van der Waals surface area contributed by atoms with Gasteiger partial charge in [0.2, 0.25) is 0 Å². The van der Waals surface area contributed by atoms with Gasteiger partial charge in [-0.3, -0.25) is 0 Å². The summed E-state index contributed by atoms with van der Waals surface area (Å²) < 4.78 is 10.7. The van der Waals surface area contributed by atoms with Gasteiger partial charge >= 0.3 is 0 Å². The van der Waals surface area contributed by atoms with Crippen molar-refractivity contribution in [1.82, 2.24) is 0 Å². The number of hydrogen-bond donors (Lipinski definition) is 0. The van der Waals surface area contributed by atoms with Crippen LogP contribution in [0.1, 0.15) is 71.1 Å². The summed E-state index contributed by atoms with van der Waals surface area (Å²) in [6.07, 6.45) is 10.8. The Bertz CT molecular complexity index is 262. The van der Waals surface area contributed by atoms with Crippen LogP contribution in [-0.4, -0.2) is 19.5 Å². The van der Waals surface area contributed by atoms with E-state index in [4.69, 9.17) is 26.3 Å². The molecule has 0 bridgehead atoms. The molecule has 0 heterocycles. The van der Waals surface area contributed by atoms with Crippen LogP contribution in [0.15, 0.2) is 0 Å². The molecule has 0 aliphatic carbocycles. The molecular formula is C16H30ClNO2. The van der Waals surface area contributed by atoms with Crippen LogP contribution in [0.5, 0.6) is 0 Å². The van der Waals surface area contributed by atoms with Gasteiger partial charge in [-0.15, -0.1) is 0 Å². The highest BCUT2D eigenvalue weighted by atomic mass is 35.5. The highest BCUT2D eigenvalue weighted by Gasteiger charge is 2.36. The smallest absolute Gasteiger partial charge is 0.250 e. The van der Waals surface area contributed by atoms with Crippen molar-refractivity contribution in [3.8, 4) is 6.07 Å². The summed E-state index contributed by atoms with van der Waals surface area (Å²) in [4.78, 5) is 0. The molecule has 0 aromatic carbocycles. The normalized spacial score (nSPS) is 13.2. The maximum Gasteiger partial charge on any atom is 0.250 e. The number of unbranched alkanes of at least 4 members (excludes halogenated alkanes) is 6. The van der Waals surface area contributed by atoms with E-state index in [1.54, 1.807) is 14.2 Å². The SMILES string of the molecule is CCCCCCCCC(CCCC#N)C(Cl)(OC)OC. The number of hydrogen-bond acceptors (Lipinski definition) is 3. The van der Waals surface area contributed by atoms with E-state index in [1.807, 2.05) is 0 Å². The summed E-state index contributed by atoms with van der Waals surface area (Å²) >= 11 is 6.39. The van der Waals surface area contributed by atoms with Gasteiger partial charge in [-0.1, -0.05) is 57.0 Å². The molecule has 20 heavy (non-hydrogen) atoms. The molecule has 0 fully saturated rings. The summed E-state index contributed by atoms with van der Waals surface area (Å²) in [5.41, 5.74) is 0. The van der Waals surface area contributed by atoms with E-state index in [2.05, 4.69) is 13.0 Å². The summed E-state index contributed by atoms with van der Waals surface area (Å²) in [5.74, 6) is 0.138. The van der Waals surface area contributed by atoms with E-state index in [-0.39, 0.29) is 5.92 Å². The number of nitrogens with zero attached hydrogens (tertiary/aromatic N) is 1. The fourth-order valence-electron chi connectivity index (χ4n) is 2.50. The molecule has 118 valence electrons. The van der Waals surface area contributed by atoms with Gasteiger partial charge in [0.25, 0.3) is 5.25 Å². The molecule has 3 nitrogen and oxygen atoms in total. The lowest BCUT2D eigenvalue weighted by Crippen LogP contribution is -2.36. The minimum Gasteiger partial charge on any atom is -0.340 e. The van der Waals surface area contributed by atoms with Crippen LogP contribution in [0.4, 0.5) is 0 Å². The lowest BCUT2D eigenvalue weighted by molar-refractivity contribution is -0.179. The predicted octanol–water partition coefficient (Wildman–Crippen LogP) is 5.23. The monoisotopic (exact) mass is 303 g/mol. The summed E-state index contributed by atoms with van der Waals surface area (Å²) in [6.45, 7) is 2.23. The fraction of sp³-hybridized carbons (Fsp3) is 0.938. The molecule has 0 radical (unpaired) electrons. The van der Waals surface area contributed by atoms with E-state index in [1.165, 1.54) is 32.1 Å². The number of halogens is 1. The summed E-state index contributed by atoms with van der Waals surface area (Å²) in [7, 11) is 3.16. The van der Waals surface area contributed by atoms with Crippen LogP contribution in [0.3, 0.4) is 0 Å². The number of ether oxygens (including phenoxy) is 2. The van der Waals surface area contributed by atoms with Crippen LogP contribution in [0.25, 0.3) is 0 Å². The Kier molecular flexibility index (Phi) is 12.3. The van der Waals surface area contributed by atoms with Crippen molar-refractivity contribution in [2.75, 3.05) is 14.2 Å². The van der Waals surface area contributed by atoms with Crippen LogP contribution >= 0.6 is 11.6 Å². The van der Waals surface area contributed by atoms with E-state index < -0.39 is 5.25 Å². The Labute approximate surface area is 129 Å². The van der Waals surface area contributed by atoms with Gasteiger partial charge < -0.3 is 9.47 Å². The average molecular weight is 304 g/mol. The third-order valence-corrected chi connectivity index (χ3v) is 4.41. The molecule has 0 spiro atoms. The Morgan fingerprint density at radius 3 is 2.10 bits per heavy atom. The Morgan fingerprint density at radius 1 is 1.00 bits per heavy atom. The standard InChI is InChI=1S/C16H30ClNO2/c1-4-5-6-7-8-9-12-15(13-10-11-14-18)16(17,19-2)20-3/h15H,4-13H2,1-3H3. The van der Waals surface area contributed by atoms with Crippen LogP contribution in [0.2, 0.25) is 0 Å². The van der Waals surface area contributed by atoms with E-state index >= 15 is 0 Å². The molecule has 0 aromatic rings. The highest BCUT2D eigenvalue weighted by molar-refractivity contribution is 6.22. The zero-order valence-corrected chi connectivity index (χ0v) is 14.0. The first-order chi connectivity index (χ1) is 9.64. The van der Waals surface area contributed by atoms with E-state index in [9.17, 15) is 0 Å². The van der Waals surface area contributed by atoms with Gasteiger partial charge in [-0.05, 0) is 19.3 Å². The number of alkyl halides is 1. The Hall–Kier alpha value is -0.300. The first kappa shape index (κ1) is 19.7. The first-order valence-electron chi connectivity index (χ1n) is 7.80. The van der Waals surface area contributed by atoms with Crippen molar-refractivity contribution in [3.05, 3.63) is 0 Å². The van der Waals surface area contributed by atoms with Crippen molar-refractivity contribution in [2.24, 2.45) is 5.92 Å². The van der Waals surface area contributed by atoms with Gasteiger partial charge in [0.15, 0.2) is 0 Å². The molecule has 0 N–H and O–H groups in total. The average Bonchev–Trinajstić information content (AvgIpc) is 2.48. The van der Waals surface area contributed by atoms with Crippen molar-refractivity contribution in [2.45, 2.75) is 76.4 Å². The van der Waals surface area contributed by atoms with Gasteiger partial charge in [-0.25, -0.2) is 0 Å². The van der Waals surface area contributed by atoms with E-state index in [0.29, 0.717) is 6.42 Å². The highest BCUT2D eigenvalue weighted by Crippen LogP contribution is 2.35. The quantitative estimate of drug-likeness (QED) is 0.266. The maximum absolute atomic E-state index is 8.65. The van der Waals surface area contributed by atoms with Crippen molar-refractivity contribution < 1.29 is 9.47 Å². The largest absolute Gasteiger partial charge is 0.340 e. The molecule has 0 amide bonds. The van der Waals surface area contributed by atoms with Gasteiger partial charge in [0.05, 0.1) is 6.07 Å². The summed E-state index contributed by atoms with van der Waals surface area (Å²) in [5, 5.41) is 7.60. The number of methoxy groups -OCH3 is 2. The minimum atomic E-state index is -1.04. The Morgan fingerprint density at radius 2 is 1.55 bits per heavy atom. The zero-order chi connectivity index (χ0) is 15.3. The molecule has 0 aromatic heterocycles. The predicted molar refractivity (Wildman–Crippen MR) is 83.5 cm³/mol. The second-order valence-corrected chi connectivity index (χ2v) is 5.82. The third kappa shape index (κ3) is 8.09. The van der Waals surface area contributed by atoms with E-state index in [0.717, 1.165) is 25.7 Å². The summed E-state index contributed by atoms with van der Waals surface area (Å²) in [6, 6.07) is 2.18. The Balaban J connectivity index is 4.14. The molecular weight excluding hydrogens is 274 g/mol. The third-order valence-electron chi connectivity index (χ3n) is 3.79. The molecule has 0 saturated carbocycles. The van der Waals surface area contributed by atoms with Gasteiger partial charge in [0, 0.05) is 26.6 Å². The molecule has 1 unspecified atom stereocenters. The van der Waals surface area contributed by atoms with Crippen LogP contribution < -0.4 is 0 Å². The maximum atomic E-state index is 8.65. The molecule has 4 heteroatoms. The number of rotatable bonds is 13. The van der Waals surface area contributed by atoms with Crippen molar-refractivity contribution >= 4 is 11.6 Å². The number of nitriles is 1. The molecule has 0 rings (SSSR count). The first-order valence-corrected chi connectivity index (χ1v) is 8.18. The second kappa shape index (κ2) is 12.4. The fourth-order valence-corrected chi connectivity index (χ4v) is 2.72. The molecule has 0 aliphatic rings. The topological polar surface area (TPSA) is 42.2 Å². The lowest BCUT2D eigenvalue weighted by atomic mass is 9.94. The molecule has 0 saturated heterocycles. The second-order valence-electron chi connectivity index (χ2n) is 5.29.